The van der Waals surface area contributed by atoms with Crippen molar-refractivity contribution in [3.05, 3.63) is 191 Å². The molecule has 0 atom stereocenters. The minimum Gasteiger partial charge on any atom is -0.663 e. The van der Waals surface area contributed by atoms with E-state index in [0.29, 0.717) is 0 Å². The van der Waals surface area contributed by atoms with Crippen molar-refractivity contribution in [3.63, 3.8) is 0 Å². The van der Waals surface area contributed by atoms with Gasteiger partial charge in [-0.3, -0.25) is 0 Å². The normalized spacial score (nSPS) is 19.2. The maximum absolute atomic E-state index is 4.35. The largest absolute Gasteiger partial charge is 4.00 e. The molecule has 0 N–H and O–H groups in total. The molecule has 2 aromatic rings. The van der Waals surface area contributed by atoms with E-state index in [2.05, 4.69) is 132 Å². The summed E-state index contributed by atoms with van der Waals surface area (Å²) in [4.78, 5) is 8.81. The molecule has 220 valence electrons. The van der Waals surface area contributed by atoms with Crippen LogP contribution in [0.4, 0.5) is 0 Å². The molecule has 0 radical (unpaired) electrons. The van der Waals surface area contributed by atoms with Gasteiger partial charge in [-0.15, -0.1) is 11.4 Å². The van der Waals surface area contributed by atoms with Crippen LogP contribution in [0, 0.1) is 13.3 Å². The van der Waals surface area contributed by atoms with Crippen LogP contribution in [0.1, 0.15) is 38.8 Å². The Morgan fingerprint density at radius 1 is 0.558 bits per heavy atom. The topological polar surface area (TPSA) is 41.2 Å². The SMILES string of the molecule is CC1=C(C)N(Cc2ccccc2)[CH-]N1/C=C1/C=CC=C[N-]1.CC1=C(C)N(Cc2ccccc2)[CH-]N1/C=C1/C=CC=C[N-]1.[Fe+4]. The van der Waals surface area contributed by atoms with Gasteiger partial charge in [-0.1, -0.05) is 97.1 Å². The number of nitrogens with zero attached hydrogens (tertiary/aromatic N) is 6. The fourth-order valence-corrected chi connectivity index (χ4v) is 4.77. The molecule has 4 heterocycles. The summed E-state index contributed by atoms with van der Waals surface area (Å²) in [5.74, 6) is 0. The van der Waals surface area contributed by atoms with E-state index >= 15 is 0 Å². The van der Waals surface area contributed by atoms with E-state index in [1.54, 1.807) is 0 Å². The molecular weight excluding hydrogens is 572 g/mol. The van der Waals surface area contributed by atoms with Crippen molar-refractivity contribution in [2.75, 3.05) is 0 Å². The summed E-state index contributed by atoms with van der Waals surface area (Å²) in [7, 11) is 0. The van der Waals surface area contributed by atoms with Crippen LogP contribution in [0.5, 0.6) is 0 Å². The molecule has 4 aliphatic rings. The Balaban J connectivity index is 0.000000192. The summed E-state index contributed by atoms with van der Waals surface area (Å²) in [5.41, 5.74) is 9.54. The molecule has 0 spiro atoms. The van der Waals surface area contributed by atoms with Crippen molar-refractivity contribution in [3.8, 4) is 0 Å². The summed E-state index contributed by atoms with van der Waals surface area (Å²) in [6.07, 6.45) is 19.6. The van der Waals surface area contributed by atoms with Gasteiger partial charge in [0.15, 0.2) is 0 Å². The second-order valence-electron chi connectivity index (χ2n) is 10.4. The number of rotatable bonds is 6. The quantitative estimate of drug-likeness (QED) is 0.242. The summed E-state index contributed by atoms with van der Waals surface area (Å²) in [5, 5.41) is 8.70. The van der Waals surface area contributed by atoms with Gasteiger partial charge in [0.05, 0.1) is 0 Å². The zero-order valence-electron chi connectivity index (χ0n) is 25.2. The van der Waals surface area contributed by atoms with Gasteiger partial charge in [-0.25, -0.2) is 0 Å². The molecule has 0 fully saturated rings. The predicted octanol–water partition coefficient (Wildman–Crippen LogP) is 8.94. The van der Waals surface area contributed by atoms with Crippen LogP contribution in [-0.4, -0.2) is 19.6 Å². The van der Waals surface area contributed by atoms with E-state index in [-0.39, 0.29) is 17.1 Å². The molecule has 0 aromatic heterocycles. The first-order chi connectivity index (χ1) is 20.5. The summed E-state index contributed by atoms with van der Waals surface area (Å²) in [6, 6.07) is 21.0. The Hall–Kier alpha value is -4.32. The second-order valence-corrected chi connectivity index (χ2v) is 10.4. The van der Waals surface area contributed by atoms with Crippen molar-refractivity contribution in [2.45, 2.75) is 40.8 Å². The average Bonchev–Trinajstić information content (AvgIpc) is 3.44. The summed E-state index contributed by atoms with van der Waals surface area (Å²) < 4.78 is 0. The molecule has 0 aliphatic carbocycles. The van der Waals surface area contributed by atoms with E-state index in [9.17, 15) is 0 Å². The van der Waals surface area contributed by atoms with Crippen LogP contribution in [0.15, 0.2) is 156 Å². The molecular formula is C36H38FeN6. The fraction of sp³-hybridized carbons (Fsp3) is 0.167. The van der Waals surface area contributed by atoms with Gasteiger partial charge in [-0.2, -0.15) is 25.7 Å². The van der Waals surface area contributed by atoms with Gasteiger partial charge >= 0.3 is 17.1 Å². The zero-order valence-corrected chi connectivity index (χ0v) is 26.3. The van der Waals surface area contributed by atoms with Crippen molar-refractivity contribution >= 4 is 0 Å². The van der Waals surface area contributed by atoms with E-state index in [0.717, 1.165) is 24.5 Å². The Kier molecular flexibility index (Phi) is 11.2. The van der Waals surface area contributed by atoms with Crippen molar-refractivity contribution in [2.24, 2.45) is 0 Å². The molecule has 0 bridgehead atoms. The van der Waals surface area contributed by atoms with E-state index < -0.39 is 0 Å². The molecule has 6 nitrogen and oxygen atoms in total. The average molecular weight is 611 g/mol. The van der Waals surface area contributed by atoms with Gasteiger partial charge in [0.25, 0.3) is 0 Å². The first-order valence-corrected chi connectivity index (χ1v) is 14.2. The van der Waals surface area contributed by atoms with Crippen LogP contribution in [-0.2, 0) is 30.2 Å². The van der Waals surface area contributed by atoms with Gasteiger partial charge < -0.3 is 30.2 Å². The van der Waals surface area contributed by atoms with Crippen molar-refractivity contribution in [1.29, 1.82) is 0 Å². The van der Waals surface area contributed by atoms with Crippen LogP contribution < -0.4 is 0 Å². The Labute approximate surface area is 267 Å². The maximum atomic E-state index is 4.35. The van der Waals surface area contributed by atoms with Crippen LogP contribution >= 0.6 is 0 Å². The predicted molar refractivity (Wildman–Crippen MR) is 172 cm³/mol. The van der Waals surface area contributed by atoms with E-state index in [1.807, 2.05) is 61.0 Å². The first kappa shape index (κ1) is 31.6. The third-order valence-corrected chi connectivity index (χ3v) is 7.52. The molecule has 6 rings (SSSR count). The molecule has 7 heteroatoms. The first-order valence-electron chi connectivity index (χ1n) is 14.2. The molecule has 4 aliphatic heterocycles. The number of hydrogen-bond donors (Lipinski definition) is 0. The Morgan fingerprint density at radius 2 is 0.953 bits per heavy atom. The fourth-order valence-electron chi connectivity index (χ4n) is 4.77. The van der Waals surface area contributed by atoms with Gasteiger partial charge in [0, 0.05) is 24.5 Å². The van der Waals surface area contributed by atoms with Gasteiger partial charge in [-0.05, 0) is 62.6 Å². The molecule has 43 heavy (non-hydrogen) atoms. The number of hydrogen-bond acceptors (Lipinski definition) is 4. The van der Waals surface area contributed by atoms with Crippen LogP contribution in [0.25, 0.3) is 10.6 Å². The smallest absolute Gasteiger partial charge is 0.663 e. The maximum Gasteiger partial charge on any atom is 4.00 e. The molecule has 0 amide bonds. The third kappa shape index (κ3) is 8.38. The summed E-state index contributed by atoms with van der Waals surface area (Å²) in [6.45, 7) is 14.6. The Bertz CT molecular complexity index is 1370. The summed E-state index contributed by atoms with van der Waals surface area (Å²) >= 11 is 0. The zero-order chi connectivity index (χ0) is 29.3. The standard InChI is InChI=1S/2C18H19N3.Fe/c2*1-15-16(2)21(13-18-10-6-7-11-19-18)14-20(15)12-17-8-4-3-5-9-17;/h2*3-11,13-14H,12H2,1-2H3;/q2*-2;+4/b2*18-13-;. The van der Waals surface area contributed by atoms with Crippen molar-refractivity contribution in [1.82, 2.24) is 19.6 Å². The third-order valence-electron chi connectivity index (χ3n) is 7.52. The number of benzene rings is 2. The molecule has 0 unspecified atom stereocenters. The van der Waals surface area contributed by atoms with Crippen LogP contribution in [0.2, 0.25) is 0 Å². The molecule has 2 aromatic carbocycles. The van der Waals surface area contributed by atoms with Crippen molar-refractivity contribution < 1.29 is 17.1 Å². The monoisotopic (exact) mass is 610 g/mol. The van der Waals surface area contributed by atoms with E-state index in [1.165, 1.54) is 33.9 Å². The molecule has 0 saturated heterocycles. The van der Waals surface area contributed by atoms with Gasteiger partial charge in [0.1, 0.15) is 0 Å². The Morgan fingerprint density at radius 3 is 1.30 bits per heavy atom. The van der Waals surface area contributed by atoms with Gasteiger partial charge in [0.2, 0.25) is 0 Å². The molecule has 0 saturated carbocycles. The number of allylic oxidation sites excluding steroid dienone is 10. The van der Waals surface area contributed by atoms with Crippen LogP contribution in [0.3, 0.4) is 0 Å². The second kappa shape index (κ2) is 15.2. The minimum absolute atomic E-state index is 0. The van der Waals surface area contributed by atoms with E-state index in [4.69, 9.17) is 0 Å². The minimum atomic E-state index is 0.